The molecule has 3 rings (SSSR count). The maximum Gasteiger partial charge on any atom is 0.277 e. The number of rotatable bonds is 6. The molecule has 6 nitrogen and oxygen atoms in total. The third-order valence-electron chi connectivity index (χ3n) is 3.18. The third kappa shape index (κ3) is 4.01. The molecule has 24 heavy (non-hydrogen) atoms. The number of hydrogen-bond acceptors (Lipinski definition) is 7. The number of benzene rings is 1. The van der Waals surface area contributed by atoms with Gasteiger partial charge in [0, 0.05) is 10.6 Å². The SMILES string of the molecule is CSc1cccc(NC(=O)CSc2nnc(-c3ccoc3C)o2)c1. The van der Waals surface area contributed by atoms with Crippen LogP contribution in [0.3, 0.4) is 0 Å². The summed E-state index contributed by atoms with van der Waals surface area (Å²) in [4.78, 5) is 13.1. The summed E-state index contributed by atoms with van der Waals surface area (Å²) < 4.78 is 10.8. The second kappa shape index (κ2) is 7.59. The molecular formula is C16H15N3O3S2. The van der Waals surface area contributed by atoms with E-state index in [0.717, 1.165) is 16.1 Å². The Morgan fingerprint density at radius 3 is 2.92 bits per heavy atom. The minimum Gasteiger partial charge on any atom is -0.469 e. The average molecular weight is 361 g/mol. The molecule has 0 aliphatic rings. The fourth-order valence-electron chi connectivity index (χ4n) is 2.01. The van der Waals surface area contributed by atoms with Gasteiger partial charge >= 0.3 is 0 Å². The molecule has 0 radical (unpaired) electrons. The van der Waals surface area contributed by atoms with Crippen LogP contribution in [0.2, 0.25) is 0 Å². The highest BCUT2D eigenvalue weighted by molar-refractivity contribution is 7.99. The fraction of sp³-hybridized carbons (Fsp3) is 0.188. The van der Waals surface area contributed by atoms with Crippen molar-refractivity contribution in [3.63, 3.8) is 0 Å². The molecule has 1 aromatic carbocycles. The maximum atomic E-state index is 12.0. The summed E-state index contributed by atoms with van der Waals surface area (Å²) in [5.74, 6) is 1.16. The molecule has 124 valence electrons. The van der Waals surface area contributed by atoms with E-state index in [1.807, 2.05) is 37.4 Å². The van der Waals surface area contributed by atoms with Crippen LogP contribution < -0.4 is 5.32 Å². The van der Waals surface area contributed by atoms with Gasteiger partial charge in [0.2, 0.25) is 5.91 Å². The first-order chi connectivity index (χ1) is 11.7. The zero-order chi connectivity index (χ0) is 16.9. The van der Waals surface area contributed by atoms with Crippen molar-refractivity contribution in [1.29, 1.82) is 0 Å². The van der Waals surface area contributed by atoms with Gasteiger partial charge in [0.15, 0.2) is 0 Å². The molecule has 2 heterocycles. The van der Waals surface area contributed by atoms with Gasteiger partial charge in [0.05, 0.1) is 17.6 Å². The fourth-order valence-corrected chi connectivity index (χ4v) is 3.03. The number of hydrogen-bond donors (Lipinski definition) is 1. The third-order valence-corrected chi connectivity index (χ3v) is 4.72. The number of aromatic nitrogens is 2. The second-order valence-corrected chi connectivity index (χ2v) is 6.64. The van der Waals surface area contributed by atoms with E-state index in [9.17, 15) is 4.79 Å². The Balaban J connectivity index is 1.57. The molecule has 3 aromatic rings. The number of amides is 1. The van der Waals surface area contributed by atoms with Crippen LogP contribution >= 0.6 is 23.5 Å². The normalized spacial score (nSPS) is 10.8. The van der Waals surface area contributed by atoms with Gasteiger partial charge in [-0.1, -0.05) is 17.8 Å². The molecule has 0 aliphatic carbocycles. The number of nitrogens with one attached hydrogen (secondary N) is 1. The summed E-state index contributed by atoms with van der Waals surface area (Å²) in [5, 5.41) is 11.1. The lowest BCUT2D eigenvalue weighted by Gasteiger charge is -2.05. The van der Waals surface area contributed by atoms with Crippen molar-refractivity contribution >= 4 is 35.1 Å². The molecular weight excluding hydrogens is 346 g/mol. The number of thioether (sulfide) groups is 2. The average Bonchev–Trinajstić information content (AvgIpc) is 3.21. The molecule has 8 heteroatoms. The number of carbonyl (C=O) groups excluding carboxylic acids is 1. The van der Waals surface area contributed by atoms with Crippen molar-refractivity contribution in [2.75, 3.05) is 17.3 Å². The molecule has 0 bridgehead atoms. The molecule has 0 aliphatic heterocycles. The van der Waals surface area contributed by atoms with Crippen LogP contribution in [-0.2, 0) is 4.79 Å². The monoisotopic (exact) mass is 361 g/mol. The van der Waals surface area contributed by atoms with Gasteiger partial charge in [0.1, 0.15) is 5.76 Å². The van der Waals surface area contributed by atoms with E-state index in [0.29, 0.717) is 16.9 Å². The maximum absolute atomic E-state index is 12.0. The Kier molecular flexibility index (Phi) is 5.27. The lowest BCUT2D eigenvalue weighted by Crippen LogP contribution is -2.13. The Labute approximate surface area is 147 Å². The van der Waals surface area contributed by atoms with Crippen molar-refractivity contribution in [2.24, 2.45) is 0 Å². The van der Waals surface area contributed by atoms with Gasteiger partial charge in [-0.15, -0.1) is 22.0 Å². The van der Waals surface area contributed by atoms with E-state index in [-0.39, 0.29) is 11.7 Å². The van der Waals surface area contributed by atoms with Crippen LogP contribution in [0.5, 0.6) is 0 Å². The summed E-state index contributed by atoms with van der Waals surface area (Å²) in [6.45, 7) is 1.82. The zero-order valence-corrected chi connectivity index (χ0v) is 14.7. The van der Waals surface area contributed by atoms with Crippen LogP contribution in [0.15, 0.2) is 55.5 Å². The first-order valence-electron chi connectivity index (χ1n) is 7.10. The first-order valence-corrected chi connectivity index (χ1v) is 9.31. The number of carbonyl (C=O) groups is 1. The summed E-state index contributed by atoms with van der Waals surface area (Å²) >= 11 is 2.82. The lowest BCUT2D eigenvalue weighted by molar-refractivity contribution is -0.113. The summed E-state index contributed by atoms with van der Waals surface area (Å²) in [5.41, 5.74) is 1.53. The first kappa shape index (κ1) is 16.7. The highest BCUT2D eigenvalue weighted by Crippen LogP contribution is 2.26. The predicted octanol–water partition coefficient (Wildman–Crippen LogP) is 4.09. The highest BCUT2D eigenvalue weighted by Gasteiger charge is 2.14. The molecule has 0 fully saturated rings. The van der Waals surface area contributed by atoms with Crippen LogP contribution in [0.1, 0.15) is 5.76 Å². The number of nitrogens with zero attached hydrogens (tertiary/aromatic N) is 2. The van der Waals surface area contributed by atoms with Crippen LogP contribution in [0, 0.1) is 6.92 Å². The van der Waals surface area contributed by atoms with E-state index in [1.165, 1.54) is 11.8 Å². The van der Waals surface area contributed by atoms with Crippen molar-refractivity contribution in [3.05, 3.63) is 42.4 Å². The minimum absolute atomic E-state index is 0.127. The number of anilines is 1. The van der Waals surface area contributed by atoms with Crippen LogP contribution in [-0.4, -0.2) is 28.1 Å². The van der Waals surface area contributed by atoms with Crippen LogP contribution in [0.25, 0.3) is 11.5 Å². The standard InChI is InChI=1S/C16H15N3O3S2/c1-10-13(6-7-21-10)15-18-19-16(22-15)24-9-14(20)17-11-4-3-5-12(8-11)23-2/h3-8H,9H2,1-2H3,(H,17,20). The summed E-state index contributed by atoms with van der Waals surface area (Å²) in [6.07, 6.45) is 3.56. The number of furan rings is 1. The van der Waals surface area contributed by atoms with Crippen molar-refractivity contribution in [3.8, 4) is 11.5 Å². The van der Waals surface area contributed by atoms with Crippen molar-refractivity contribution < 1.29 is 13.6 Å². The molecule has 0 saturated heterocycles. The van der Waals surface area contributed by atoms with Gasteiger partial charge in [-0.3, -0.25) is 4.79 Å². The van der Waals surface area contributed by atoms with Gasteiger partial charge < -0.3 is 14.2 Å². The Bertz CT molecular complexity index is 844. The summed E-state index contributed by atoms with van der Waals surface area (Å²) in [6, 6.07) is 9.45. The van der Waals surface area contributed by atoms with Gasteiger partial charge in [-0.05, 0) is 37.4 Å². The van der Waals surface area contributed by atoms with E-state index < -0.39 is 0 Å². The van der Waals surface area contributed by atoms with Crippen molar-refractivity contribution in [1.82, 2.24) is 10.2 Å². The number of aryl methyl sites for hydroxylation is 1. The molecule has 1 N–H and O–H groups in total. The molecule has 0 atom stereocenters. The van der Waals surface area contributed by atoms with Gasteiger partial charge in [-0.25, -0.2) is 0 Å². The molecule has 0 saturated carbocycles. The Hall–Kier alpha value is -2.19. The highest BCUT2D eigenvalue weighted by atomic mass is 32.2. The predicted molar refractivity (Wildman–Crippen MR) is 94.3 cm³/mol. The Morgan fingerprint density at radius 1 is 1.29 bits per heavy atom. The van der Waals surface area contributed by atoms with Crippen molar-refractivity contribution in [2.45, 2.75) is 17.0 Å². The largest absolute Gasteiger partial charge is 0.469 e. The van der Waals surface area contributed by atoms with E-state index in [4.69, 9.17) is 8.83 Å². The lowest BCUT2D eigenvalue weighted by atomic mass is 10.3. The van der Waals surface area contributed by atoms with Crippen LogP contribution in [0.4, 0.5) is 5.69 Å². The van der Waals surface area contributed by atoms with E-state index in [2.05, 4.69) is 15.5 Å². The van der Waals surface area contributed by atoms with Gasteiger partial charge in [-0.2, -0.15) is 0 Å². The molecule has 0 unspecified atom stereocenters. The molecule has 1 amide bonds. The minimum atomic E-state index is -0.127. The van der Waals surface area contributed by atoms with E-state index >= 15 is 0 Å². The smallest absolute Gasteiger partial charge is 0.277 e. The quantitative estimate of drug-likeness (QED) is 0.662. The Morgan fingerprint density at radius 2 is 2.17 bits per heavy atom. The summed E-state index contributed by atoms with van der Waals surface area (Å²) in [7, 11) is 0. The van der Waals surface area contributed by atoms with Gasteiger partial charge in [0.25, 0.3) is 11.1 Å². The topological polar surface area (TPSA) is 81.2 Å². The molecule has 0 spiro atoms. The second-order valence-electron chi connectivity index (χ2n) is 4.83. The molecule has 2 aromatic heterocycles. The zero-order valence-electron chi connectivity index (χ0n) is 13.1. The van der Waals surface area contributed by atoms with E-state index in [1.54, 1.807) is 24.1 Å².